The van der Waals surface area contributed by atoms with Crippen molar-refractivity contribution in [2.24, 2.45) is 0 Å². The first-order valence-corrected chi connectivity index (χ1v) is 7.73. The van der Waals surface area contributed by atoms with Crippen LogP contribution in [0.25, 0.3) is 0 Å². The van der Waals surface area contributed by atoms with Gasteiger partial charge in [0, 0.05) is 5.02 Å². The largest absolute Gasteiger partial charge is 0.449 e. The Balaban J connectivity index is 2.02. The van der Waals surface area contributed by atoms with E-state index in [-0.39, 0.29) is 10.6 Å². The van der Waals surface area contributed by atoms with Crippen molar-refractivity contribution < 1.29 is 14.3 Å². The summed E-state index contributed by atoms with van der Waals surface area (Å²) in [5.41, 5.74) is 0.604. The lowest BCUT2D eigenvalue weighted by atomic mass is 10.2. The molecule has 0 heterocycles. The lowest BCUT2D eigenvalue weighted by Gasteiger charge is -2.14. The number of carbonyl (C=O) groups excluding carboxylic acids is 2. The smallest absolute Gasteiger partial charge is 0.338 e. The number of rotatable bonds is 4. The van der Waals surface area contributed by atoms with Gasteiger partial charge < -0.3 is 10.1 Å². The highest BCUT2D eigenvalue weighted by Gasteiger charge is 2.20. The number of ether oxygens (including phenoxy) is 1. The fraction of sp³-hybridized carbons (Fsp3) is 0.125. The van der Waals surface area contributed by atoms with Gasteiger partial charge in [-0.3, -0.25) is 4.79 Å². The molecule has 7 heteroatoms. The summed E-state index contributed by atoms with van der Waals surface area (Å²) in [5, 5.41) is 3.50. The van der Waals surface area contributed by atoms with E-state index in [1.165, 1.54) is 13.0 Å². The van der Waals surface area contributed by atoms with Crippen LogP contribution in [0, 0.1) is 0 Å². The molecule has 1 unspecified atom stereocenters. The lowest BCUT2D eigenvalue weighted by Crippen LogP contribution is -2.30. The number of benzene rings is 2. The van der Waals surface area contributed by atoms with E-state index in [4.69, 9.17) is 39.5 Å². The van der Waals surface area contributed by atoms with Crippen molar-refractivity contribution in [1.82, 2.24) is 0 Å². The van der Waals surface area contributed by atoms with E-state index >= 15 is 0 Å². The van der Waals surface area contributed by atoms with Gasteiger partial charge in [-0.1, -0.05) is 46.9 Å². The Kier molecular flexibility index (Phi) is 5.88. The van der Waals surface area contributed by atoms with Crippen molar-refractivity contribution in [2.45, 2.75) is 13.0 Å². The number of halogens is 3. The molecule has 1 N–H and O–H groups in total. The van der Waals surface area contributed by atoms with E-state index in [0.29, 0.717) is 15.7 Å². The number of amides is 1. The summed E-state index contributed by atoms with van der Waals surface area (Å²) < 4.78 is 5.11. The minimum absolute atomic E-state index is 0.218. The average Bonchev–Trinajstić information content (AvgIpc) is 2.51. The van der Waals surface area contributed by atoms with E-state index in [0.717, 1.165) is 0 Å². The topological polar surface area (TPSA) is 55.4 Å². The van der Waals surface area contributed by atoms with Crippen LogP contribution in [0.2, 0.25) is 15.1 Å². The number of esters is 1. The van der Waals surface area contributed by atoms with Crippen LogP contribution in [0.3, 0.4) is 0 Å². The Hall–Kier alpha value is -1.75. The number of hydrogen-bond donors (Lipinski definition) is 1. The van der Waals surface area contributed by atoms with Crippen LogP contribution in [0.1, 0.15) is 17.3 Å². The van der Waals surface area contributed by atoms with Crippen LogP contribution in [0.5, 0.6) is 0 Å². The van der Waals surface area contributed by atoms with Gasteiger partial charge in [0.1, 0.15) is 0 Å². The van der Waals surface area contributed by atoms with Crippen molar-refractivity contribution in [3.63, 3.8) is 0 Å². The Morgan fingerprint density at radius 3 is 2.48 bits per heavy atom. The second kappa shape index (κ2) is 7.68. The first-order valence-electron chi connectivity index (χ1n) is 6.60. The highest BCUT2D eigenvalue weighted by atomic mass is 35.5. The first-order chi connectivity index (χ1) is 10.9. The Morgan fingerprint density at radius 2 is 1.78 bits per heavy atom. The van der Waals surface area contributed by atoms with Crippen LogP contribution < -0.4 is 5.32 Å². The van der Waals surface area contributed by atoms with E-state index in [1.54, 1.807) is 36.4 Å². The van der Waals surface area contributed by atoms with Crippen molar-refractivity contribution in [2.75, 3.05) is 5.32 Å². The van der Waals surface area contributed by atoms with Crippen LogP contribution >= 0.6 is 34.8 Å². The number of carbonyl (C=O) groups is 2. The molecular weight excluding hydrogens is 361 g/mol. The monoisotopic (exact) mass is 371 g/mol. The second-order valence-electron chi connectivity index (χ2n) is 4.65. The fourth-order valence-corrected chi connectivity index (χ4v) is 2.27. The molecule has 0 aliphatic heterocycles. The molecule has 23 heavy (non-hydrogen) atoms. The zero-order valence-corrected chi connectivity index (χ0v) is 14.2. The van der Waals surface area contributed by atoms with E-state index in [2.05, 4.69) is 5.32 Å². The first kappa shape index (κ1) is 17.6. The Bertz CT molecular complexity index is 749. The molecule has 2 rings (SSSR count). The standard InChI is InChI=1S/C16H12Cl3NO3/c1-9(23-16(22)10-4-2-5-11(17)8-10)15(21)20-13-7-3-6-12(18)14(13)19/h2-9H,1H3,(H,20,21). The predicted octanol–water partition coefficient (Wildman–Crippen LogP) is 4.83. The molecule has 1 amide bonds. The SMILES string of the molecule is CC(OC(=O)c1cccc(Cl)c1)C(=O)Nc1cccc(Cl)c1Cl. The van der Waals surface area contributed by atoms with Gasteiger partial charge in [-0.2, -0.15) is 0 Å². The maximum atomic E-state index is 12.1. The normalized spacial score (nSPS) is 11.7. The fourth-order valence-electron chi connectivity index (χ4n) is 1.73. The van der Waals surface area contributed by atoms with Gasteiger partial charge >= 0.3 is 5.97 Å². The molecule has 0 aromatic heterocycles. The summed E-state index contributed by atoms with van der Waals surface area (Å²) in [5.74, 6) is -1.17. The maximum absolute atomic E-state index is 12.1. The third-order valence-corrected chi connectivity index (χ3v) is 3.98. The predicted molar refractivity (Wildman–Crippen MR) is 91.4 cm³/mol. The lowest BCUT2D eigenvalue weighted by molar-refractivity contribution is -0.123. The summed E-state index contributed by atoms with van der Waals surface area (Å²) in [6.45, 7) is 1.45. The molecule has 0 fully saturated rings. The summed E-state index contributed by atoms with van der Waals surface area (Å²) in [4.78, 5) is 24.1. The maximum Gasteiger partial charge on any atom is 0.338 e. The molecule has 2 aromatic rings. The zero-order chi connectivity index (χ0) is 17.0. The van der Waals surface area contributed by atoms with E-state index in [1.807, 2.05) is 0 Å². The number of anilines is 1. The van der Waals surface area contributed by atoms with E-state index in [9.17, 15) is 9.59 Å². The number of nitrogens with one attached hydrogen (secondary N) is 1. The molecule has 0 aliphatic rings. The summed E-state index contributed by atoms with van der Waals surface area (Å²) in [7, 11) is 0. The molecule has 0 saturated heterocycles. The van der Waals surface area contributed by atoms with Crippen LogP contribution in [0.15, 0.2) is 42.5 Å². The highest BCUT2D eigenvalue weighted by molar-refractivity contribution is 6.44. The van der Waals surface area contributed by atoms with Gasteiger partial charge in [-0.25, -0.2) is 4.79 Å². The molecule has 1 atom stereocenters. The minimum Gasteiger partial charge on any atom is -0.449 e. The van der Waals surface area contributed by atoms with Crippen molar-refractivity contribution in [1.29, 1.82) is 0 Å². The molecule has 0 saturated carbocycles. The molecule has 0 spiro atoms. The Morgan fingerprint density at radius 1 is 1.09 bits per heavy atom. The molecule has 0 aliphatic carbocycles. The van der Waals surface area contributed by atoms with Crippen LogP contribution in [-0.4, -0.2) is 18.0 Å². The Labute approximate surface area is 148 Å². The molecule has 120 valence electrons. The van der Waals surface area contributed by atoms with Crippen molar-refractivity contribution in [3.8, 4) is 0 Å². The van der Waals surface area contributed by atoms with E-state index < -0.39 is 18.0 Å². The van der Waals surface area contributed by atoms with Gasteiger partial charge in [-0.05, 0) is 37.3 Å². The third-order valence-electron chi connectivity index (χ3n) is 2.92. The molecule has 4 nitrogen and oxygen atoms in total. The van der Waals surface area contributed by atoms with Crippen molar-refractivity contribution >= 4 is 52.4 Å². The van der Waals surface area contributed by atoms with Crippen LogP contribution in [-0.2, 0) is 9.53 Å². The van der Waals surface area contributed by atoms with Gasteiger partial charge in [0.15, 0.2) is 6.10 Å². The van der Waals surface area contributed by atoms with Gasteiger partial charge in [0.2, 0.25) is 0 Å². The third kappa shape index (κ3) is 4.61. The second-order valence-corrected chi connectivity index (χ2v) is 5.87. The quantitative estimate of drug-likeness (QED) is 0.782. The number of hydrogen-bond acceptors (Lipinski definition) is 3. The van der Waals surface area contributed by atoms with Gasteiger partial charge in [0.05, 0.1) is 21.3 Å². The summed E-state index contributed by atoms with van der Waals surface area (Å²) >= 11 is 17.7. The molecule has 0 bridgehead atoms. The average molecular weight is 373 g/mol. The molecule has 2 aromatic carbocycles. The summed E-state index contributed by atoms with van der Waals surface area (Å²) in [6.07, 6.45) is -1.02. The molecule has 0 radical (unpaired) electrons. The zero-order valence-electron chi connectivity index (χ0n) is 12.0. The van der Waals surface area contributed by atoms with Crippen LogP contribution in [0.4, 0.5) is 5.69 Å². The minimum atomic E-state index is -1.02. The highest BCUT2D eigenvalue weighted by Crippen LogP contribution is 2.29. The summed E-state index contributed by atoms with van der Waals surface area (Å²) in [6, 6.07) is 11.1. The molecular formula is C16H12Cl3NO3. The van der Waals surface area contributed by atoms with Crippen molar-refractivity contribution in [3.05, 3.63) is 63.1 Å². The van der Waals surface area contributed by atoms with Gasteiger partial charge in [0.25, 0.3) is 5.91 Å². The van der Waals surface area contributed by atoms with Gasteiger partial charge in [-0.15, -0.1) is 0 Å².